The van der Waals surface area contributed by atoms with E-state index < -0.39 is 0 Å². The van der Waals surface area contributed by atoms with E-state index in [0.29, 0.717) is 5.82 Å². The average Bonchev–Trinajstić information content (AvgIpc) is 4.17. The molecule has 0 N–H and O–H groups in total. The van der Waals surface area contributed by atoms with Crippen molar-refractivity contribution in [2.45, 2.75) is 0 Å². The first-order chi connectivity index (χ1) is 34.7. The Morgan fingerprint density at radius 2 is 0.729 bits per heavy atom. The second-order valence-electron chi connectivity index (χ2n) is 18.1. The van der Waals surface area contributed by atoms with Crippen LogP contribution in [0.3, 0.4) is 0 Å². The third-order valence-corrected chi connectivity index (χ3v) is 15.4. The van der Waals surface area contributed by atoms with Crippen LogP contribution in [0.15, 0.2) is 237 Å². The SMILES string of the molecule is c1ccc(-c2cc(-c3ccccc3)nc(-c3cc(-n4c5ccccc5c5ccccc54)cc(-n4c5ccccc5c5c6sc7ccc(-n8c9ccccc9c9ccccc98)cc7c6ccc54)c3)n2)cc1. The van der Waals surface area contributed by atoms with Gasteiger partial charge in [-0.1, -0.05) is 158 Å². The lowest BCUT2D eigenvalue weighted by atomic mass is 10.1. The van der Waals surface area contributed by atoms with Crippen molar-refractivity contribution < 1.29 is 0 Å². The number of fused-ring (bicyclic) bond motifs is 13. The average molecular weight is 910 g/mol. The summed E-state index contributed by atoms with van der Waals surface area (Å²) in [7, 11) is 0. The second-order valence-corrected chi connectivity index (χ2v) is 19.2. The zero-order chi connectivity index (χ0) is 45.9. The number of benzene rings is 10. The predicted molar refractivity (Wildman–Crippen MR) is 294 cm³/mol. The molecule has 0 aliphatic carbocycles. The fourth-order valence-corrected chi connectivity index (χ4v) is 12.4. The van der Waals surface area contributed by atoms with Crippen LogP contribution in [0.25, 0.3) is 137 Å². The lowest BCUT2D eigenvalue weighted by molar-refractivity contribution is 1.12. The molecule has 0 bridgehead atoms. The largest absolute Gasteiger partial charge is 0.309 e. The molecule has 15 aromatic rings. The van der Waals surface area contributed by atoms with Gasteiger partial charge in [-0.3, -0.25) is 0 Å². The first-order valence-corrected chi connectivity index (χ1v) is 24.5. The maximum absolute atomic E-state index is 5.39. The Kier molecular flexibility index (Phi) is 8.46. The Morgan fingerprint density at radius 1 is 0.286 bits per heavy atom. The van der Waals surface area contributed by atoms with E-state index in [1.807, 2.05) is 23.5 Å². The second kappa shape index (κ2) is 15.2. The molecule has 0 aliphatic rings. The number of aromatic nitrogens is 5. The van der Waals surface area contributed by atoms with Crippen LogP contribution in [-0.4, -0.2) is 23.7 Å². The normalized spacial score (nSPS) is 12.0. The minimum Gasteiger partial charge on any atom is -0.309 e. The van der Waals surface area contributed by atoms with Crippen molar-refractivity contribution in [3.8, 4) is 51.0 Å². The summed E-state index contributed by atoms with van der Waals surface area (Å²) in [4.78, 5) is 10.8. The molecule has 0 spiro atoms. The van der Waals surface area contributed by atoms with E-state index in [1.165, 1.54) is 63.5 Å². The van der Waals surface area contributed by atoms with Gasteiger partial charge in [0.1, 0.15) is 0 Å². The van der Waals surface area contributed by atoms with Crippen LogP contribution in [0.2, 0.25) is 0 Å². The zero-order valence-corrected chi connectivity index (χ0v) is 38.5. The molecule has 0 radical (unpaired) electrons. The summed E-state index contributed by atoms with van der Waals surface area (Å²) >= 11 is 1.88. The molecule has 0 amide bonds. The summed E-state index contributed by atoms with van der Waals surface area (Å²) in [5, 5.41) is 9.95. The van der Waals surface area contributed by atoms with Gasteiger partial charge in [0.2, 0.25) is 0 Å². The van der Waals surface area contributed by atoms with Crippen molar-refractivity contribution in [3.63, 3.8) is 0 Å². The smallest absolute Gasteiger partial charge is 0.160 e. The van der Waals surface area contributed by atoms with Gasteiger partial charge >= 0.3 is 0 Å². The lowest BCUT2D eigenvalue weighted by Crippen LogP contribution is -2.02. The van der Waals surface area contributed by atoms with Crippen LogP contribution >= 0.6 is 11.3 Å². The van der Waals surface area contributed by atoms with Gasteiger partial charge in [-0.15, -0.1) is 11.3 Å². The van der Waals surface area contributed by atoms with Gasteiger partial charge in [-0.25, -0.2) is 9.97 Å². The van der Waals surface area contributed by atoms with Crippen LogP contribution in [0.1, 0.15) is 0 Å². The number of hydrogen-bond acceptors (Lipinski definition) is 3. The van der Waals surface area contributed by atoms with E-state index in [4.69, 9.17) is 9.97 Å². The van der Waals surface area contributed by atoms with Crippen molar-refractivity contribution in [3.05, 3.63) is 237 Å². The van der Waals surface area contributed by atoms with Gasteiger partial charge in [0.05, 0.1) is 44.5 Å². The Hall–Kier alpha value is -9.10. The van der Waals surface area contributed by atoms with Crippen LogP contribution in [0.5, 0.6) is 0 Å². The van der Waals surface area contributed by atoms with Crippen molar-refractivity contribution in [2.24, 2.45) is 0 Å². The molecule has 10 aromatic carbocycles. The molecular formula is C64H39N5S. The number of para-hydroxylation sites is 5. The maximum Gasteiger partial charge on any atom is 0.160 e. The predicted octanol–water partition coefficient (Wildman–Crippen LogP) is 17.1. The molecule has 5 nitrogen and oxygen atoms in total. The summed E-state index contributed by atoms with van der Waals surface area (Å²) in [6, 6.07) is 85.4. The van der Waals surface area contributed by atoms with Crippen molar-refractivity contribution in [2.75, 3.05) is 0 Å². The molecular weight excluding hydrogens is 871 g/mol. The molecule has 70 heavy (non-hydrogen) atoms. The highest BCUT2D eigenvalue weighted by Gasteiger charge is 2.22. The monoisotopic (exact) mass is 909 g/mol. The van der Waals surface area contributed by atoms with Gasteiger partial charge in [-0.05, 0) is 78.9 Å². The topological polar surface area (TPSA) is 40.6 Å². The lowest BCUT2D eigenvalue weighted by Gasteiger charge is -2.16. The molecule has 0 atom stereocenters. The highest BCUT2D eigenvalue weighted by Crippen LogP contribution is 2.45. The third kappa shape index (κ3) is 5.84. The Bertz CT molecular complexity index is 4430. The molecule has 0 aliphatic heterocycles. The molecule has 0 saturated heterocycles. The molecule has 0 fully saturated rings. The first kappa shape index (κ1) is 38.9. The summed E-state index contributed by atoms with van der Waals surface area (Å²) in [5.41, 5.74) is 15.0. The van der Waals surface area contributed by atoms with Crippen molar-refractivity contribution >= 4 is 96.9 Å². The Balaban J connectivity index is 0.998. The number of nitrogens with zero attached hydrogens (tertiary/aromatic N) is 5. The minimum atomic E-state index is 0.663. The number of rotatable bonds is 6. The summed E-state index contributed by atoms with van der Waals surface area (Å²) < 4.78 is 9.83. The molecule has 15 rings (SSSR count). The highest BCUT2D eigenvalue weighted by atomic mass is 32.1. The third-order valence-electron chi connectivity index (χ3n) is 14.2. The van der Waals surface area contributed by atoms with E-state index >= 15 is 0 Å². The first-order valence-electron chi connectivity index (χ1n) is 23.7. The Labute approximate surface area is 406 Å². The summed E-state index contributed by atoms with van der Waals surface area (Å²) in [6.45, 7) is 0. The van der Waals surface area contributed by atoms with E-state index in [0.717, 1.165) is 67.2 Å². The number of hydrogen-bond donors (Lipinski definition) is 0. The zero-order valence-electron chi connectivity index (χ0n) is 37.7. The molecule has 0 unspecified atom stereocenters. The van der Waals surface area contributed by atoms with Crippen LogP contribution in [0, 0.1) is 0 Å². The van der Waals surface area contributed by atoms with Gasteiger partial charge in [0.15, 0.2) is 5.82 Å². The molecule has 5 heterocycles. The standard InChI is InChI=1S/C64H39N5S/c1-3-17-40(18-4-1)53-39-54(41-19-5-2-6-20-41)66-64(65-53)42-35-44(68-57-28-14-9-23-48(57)49-24-10-15-29-58(49)68)37-45(36-42)69-59-30-16-11-25-51(59)62-60(69)33-32-50-52-38-43(31-34-61(52)70-63(50)62)67-55-26-12-7-21-46(55)47-22-8-13-27-56(47)67/h1-39H. The van der Waals surface area contributed by atoms with Crippen molar-refractivity contribution in [1.82, 2.24) is 23.7 Å². The molecule has 326 valence electrons. The van der Waals surface area contributed by atoms with E-state index in [2.05, 4.69) is 238 Å². The van der Waals surface area contributed by atoms with E-state index in [9.17, 15) is 0 Å². The molecule has 6 heteroatoms. The maximum atomic E-state index is 5.39. The number of thiophene rings is 1. The Morgan fingerprint density at radius 3 is 1.26 bits per heavy atom. The fraction of sp³-hybridized carbons (Fsp3) is 0. The fourth-order valence-electron chi connectivity index (χ4n) is 11.2. The van der Waals surface area contributed by atoms with Gasteiger partial charge in [0.25, 0.3) is 0 Å². The van der Waals surface area contributed by atoms with E-state index in [1.54, 1.807) is 0 Å². The van der Waals surface area contributed by atoms with Crippen LogP contribution < -0.4 is 0 Å². The molecule has 0 saturated carbocycles. The van der Waals surface area contributed by atoms with Crippen molar-refractivity contribution in [1.29, 1.82) is 0 Å². The highest BCUT2D eigenvalue weighted by molar-refractivity contribution is 7.26. The van der Waals surface area contributed by atoms with Gasteiger partial charge < -0.3 is 13.7 Å². The van der Waals surface area contributed by atoms with Crippen LogP contribution in [-0.2, 0) is 0 Å². The minimum absolute atomic E-state index is 0.663. The summed E-state index contributed by atoms with van der Waals surface area (Å²) in [6.07, 6.45) is 0. The molecule has 5 aromatic heterocycles. The summed E-state index contributed by atoms with van der Waals surface area (Å²) in [5.74, 6) is 0.663. The quantitative estimate of drug-likeness (QED) is 0.167. The van der Waals surface area contributed by atoms with Crippen LogP contribution in [0.4, 0.5) is 0 Å². The van der Waals surface area contributed by atoms with E-state index in [-0.39, 0.29) is 0 Å². The van der Waals surface area contributed by atoms with Gasteiger partial charge in [0, 0.05) is 86.2 Å². The van der Waals surface area contributed by atoms with Gasteiger partial charge in [-0.2, -0.15) is 0 Å².